The van der Waals surface area contributed by atoms with Crippen LogP contribution >= 0.6 is 11.6 Å². The number of rotatable bonds is 3. The molecule has 2 aliphatic rings. The Balaban J connectivity index is 1.84. The summed E-state index contributed by atoms with van der Waals surface area (Å²) in [5, 5.41) is 6.65. The molecule has 21 heavy (non-hydrogen) atoms. The number of benzene rings is 1. The first kappa shape index (κ1) is 14.5. The summed E-state index contributed by atoms with van der Waals surface area (Å²) in [5.74, 6) is 1.17. The van der Waals surface area contributed by atoms with Gasteiger partial charge in [-0.3, -0.25) is 0 Å². The molecule has 1 aromatic carbocycles. The number of hydrogen-bond acceptors (Lipinski definition) is 2. The van der Waals surface area contributed by atoms with Gasteiger partial charge in [0.25, 0.3) is 0 Å². The van der Waals surface area contributed by atoms with Crippen LogP contribution in [0.1, 0.15) is 44.6 Å². The predicted molar refractivity (Wildman–Crippen MR) is 83.1 cm³/mol. The molecule has 2 amide bonds. The van der Waals surface area contributed by atoms with E-state index >= 15 is 0 Å². The Labute approximate surface area is 130 Å². The number of ether oxygens (including phenoxy) is 1. The van der Waals surface area contributed by atoms with Gasteiger partial charge in [0.2, 0.25) is 0 Å². The molecular formula is C16H21ClN2O2. The topological polar surface area (TPSA) is 50.4 Å². The zero-order valence-electron chi connectivity index (χ0n) is 12.4. The molecule has 3 rings (SSSR count). The van der Waals surface area contributed by atoms with Crippen LogP contribution in [0.4, 0.5) is 4.79 Å². The van der Waals surface area contributed by atoms with Gasteiger partial charge in [-0.2, -0.15) is 0 Å². The molecule has 0 spiro atoms. The van der Waals surface area contributed by atoms with Gasteiger partial charge in [0.15, 0.2) is 0 Å². The van der Waals surface area contributed by atoms with Crippen molar-refractivity contribution in [1.82, 2.24) is 10.6 Å². The summed E-state index contributed by atoms with van der Waals surface area (Å²) in [6, 6.07) is 6.37. The number of nitrogens with one attached hydrogen (secondary N) is 2. The summed E-state index contributed by atoms with van der Waals surface area (Å²) >= 11 is 6.32. The van der Waals surface area contributed by atoms with E-state index in [2.05, 4.69) is 16.7 Å². The highest BCUT2D eigenvalue weighted by Crippen LogP contribution is 2.41. The van der Waals surface area contributed by atoms with Crippen LogP contribution in [0.15, 0.2) is 18.2 Å². The van der Waals surface area contributed by atoms with Gasteiger partial charge in [0.1, 0.15) is 5.75 Å². The van der Waals surface area contributed by atoms with Crippen LogP contribution in [0.5, 0.6) is 5.75 Å². The van der Waals surface area contributed by atoms with Gasteiger partial charge in [-0.25, -0.2) is 4.79 Å². The maximum atomic E-state index is 11.5. The second-order valence-corrected chi connectivity index (χ2v) is 6.57. The van der Waals surface area contributed by atoms with E-state index in [0.717, 1.165) is 30.6 Å². The SMILES string of the molecule is CC(C)Oc1c(Cl)cccc1C1CCC2NC(=O)NC2C1. The van der Waals surface area contributed by atoms with E-state index in [1.165, 1.54) is 0 Å². The Morgan fingerprint density at radius 1 is 1.24 bits per heavy atom. The standard InChI is InChI=1S/C16H21ClN2O2/c1-9(2)21-15-11(4-3-5-12(15)17)10-6-7-13-14(8-10)19-16(20)18-13/h3-5,9-10,13-14H,6-8H2,1-2H3,(H2,18,19,20). The monoisotopic (exact) mass is 308 g/mol. The van der Waals surface area contributed by atoms with Crippen molar-refractivity contribution in [2.24, 2.45) is 0 Å². The van der Waals surface area contributed by atoms with Gasteiger partial charge in [-0.05, 0) is 50.7 Å². The van der Waals surface area contributed by atoms with Crippen molar-refractivity contribution in [2.75, 3.05) is 0 Å². The van der Waals surface area contributed by atoms with Crippen LogP contribution in [0.2, 0.25) is 5.02 Å². The van der Waals surface area contributed by atoms with Gasteiger partial charge in [-0.1, -0.05) is 23.7 Å². The van der Waals surface area contributed by atoms with E-state index in [1.54, 1.807) is 0 Å². The number of carbonyl (C=O) groups is 1. The molecule has 2 fully saturated rings. The molecule has 1 saturated carbocycles. The summed E-state index contributed by atoms with van der Waals surface area (Å²) in [5.41, 5.74) is 1.16. The summed E-state index contributed by atoms with van der Waals surface area (Å²) in [4.78, 5) is 11.5. The molecule has 0 bridgehead atoms. The average molecular weight is 309 g/mol. The van der Waals surface area contributed by atoms with Crippen LogP contribution in [0.3, 0.4) is 0 Å². The maximum absolute atomic E-state index is 11.5. The van der Waals surface area contributed by atoms with Crippen LogP contribution in [0, 0.1) is 0 Å². The third-order valence-electron chi connectivity index (χ3n) is 4.27. The third-order valence-corrected chi connectivity index (χ3v) is 4.57. The average Bonchev–Trinajstić information content (AvgIpc) is 2.79. The summed E-state index contributed by atoms with van der Waals surface area (Å²) < 4.78 is 5.93. The van der Waals surface area contributed by atoms with E-state index < -0.39 is 0 Å². The minimum absolute atomic E-state index is 0.0459. The molecule has 0 radical (unpaired) electrons. The normalized spacial score (nSPS) is 28.0. The molecule has 3 atom stereocenters. The zero-order chi connectivity index (χ0) is 15.0. The molecule has 1 aliphatic heterocycles. The van der Waals surface area contributed by atoms with E-state index in [1.807, 2.05) is 26.0 Å². The Kier molecular flexibility index (Phi) is 3.98. The molecule has 1 heterocycles. The van der Waals surface area contributed by atoms with Gasteiger partial charge in [-0.15, -0.1) is 0 Å². The van der Waals surface area contributed by atoms with Gasteiger partial charge in [0.05, 0.1) is 23.2 Å². The Bertz CT molecular complexity index is 547. The second-order valence-electron chi connectivity index (χ2n) is 6.17. The van der Waals surface area contributed by atoms with Crippen molar-refractivity contribution in [3.8, 4) is 5.75 Å². The Morgan fingerprint density at radius 2 is 2.00 bits per heavy atom. The molecular weight excluding hydrogens is 288 g/mol. The minimum Gasteiger partial charge on any atom is -0.489 e. The second kappa shape index (κ2) is 5.76. The van der Waals surface area contributed by atoms with Crippen LogP contribution in [0.25, 0.3) is 0 Å². The number of para-hydroxylation sites is 1. The van der Waals surface area contributed by atoms with Crippen molar-refractivity contribution in [3.05, 3.63) is 28.8 Å². The number of amides is 2. The largest absolute Gasteiger partial charge is 0.489 e. The fourth-order valence-electron chi connectivity index (χ4n) is 3.37. The highest BCUT2D eigenvalue weighted by Gasteiger charge is 2.38. The number of halogens is 1. The number of carbonyl (C=O) groups excluding carboxylic acids is 1. The Hall–Kier alpha value is -1.42. The van der Waals surface area contributed by atoms with Gasteiger partial charge >= 0.3 is 6.03 Å². The first-order chi connectivity index (χ1) is 10.0. The fourth-order valence-corrected chi connectivity index (χ4v) is 3.60. The number of urea groups is 1. The first-order valence-electron chi connectivity index (χ1n) is 7.56. The molecule has 3 unspecified atom stereocenters. The van der Waals surface area contributed by atoms with Crippen molar-refractivity contribution >= 4 is 17.6 Å². The number of fused-ring (bicyclic) bond motifs is 1. The van der Waals surface area contributed by atoms with Gasteiger partial charge in [0, 0.05) is 0 Å². The highest BCUT2D eigenvalue weighted by molar-refractivity contribution is 6.32. The molecule has 114 valence electrons. The molecule has 1 aromatic rings. The van der Waals surface area contributed by atoms with Crippen LogP contribution < -0.4 is 15.4 Å². The highest BCUT2D eigenvalue weighted by atomic mass is 35.5. The third kappa shape index (κ3) is 2.95. The molecule has 0 aromatic heterocycles. The zero-order valence-corrected chi connectivity index (χ0v) is 13.1. The summed E-state index contributed by atoms with van der Waals surface area (Å²) in [6.45, 7) is 4.01. The lowest BCUT2D eigenvalue weighted by Crippen LogP contribution is -2.39. The fraction of sp³-hybridized carbons (Fsp3) is 0.562. The maximum Gasteiger partial charge on any atom is 0.315 e. The summed E-state index contributed by atoms with van der Waals surface area (Å²) in [6.07, 6.45) is 3.05. The lowest BCUT2D eigenvalue weighted by Gasteiger charge is -2.32. The predicted octanol–water partition coefficient (Wildman–Crippen LogP) is 3.44. The lowest BCUT2D eigenvalue weighted by atomic mass is 9.79. The van der Waals surface area contributed by atoms with Crippen molar-refractivity contribution < 1.29 is 9.53 Å². The molecule has 4 nitrogen and oxygen atoms in total. The van der Waals surface area contributed by atoms with Crippen molar-refractivity contribution in [1.29, 1.82) is 0 Å². The first-order valence-corrected chi connectivity index (χ1v) is 7.94. The van der Waals surface area contributed by atoms with E-state index in [0.29, 0.717) is 10.9 Å². The molecule has 5 heteroatoms. The quantitative estimate of drug-likeness (QED) is 0.898. The van der Waals surface area contributed by atoms with E-state index in [-0.39, 0.29) is 24.2 Å². The lowest BCUT2D eigenvalue weighted by molar-refractivity contribution is 0.235. The van der Waals surface area contributed by atoms with Crippen LogP contribution in [-0.2, 0) is 0 Å². The molecule has 1 aliphatic carbocycles. The van der Waals surface area contributed by atoms with E-state index in [9.17, 15) is 4.79 Å². The minimum atomic E-state index is -0.0459. The van der Waals surface area contributed by atoms with Crippen molar-refractivity contribution in [2.45, 2.75) is 57.2 Å². The Morgan fingerprint density at radius 3 is 2.76 bits per heavy atom. The number of hydrogen-bond donors (Lipinski definition) is 2. The smallest absolute Gasteiger partial charge is 0.315 e. The molecule has 2 N–H and O–H groups in total. The molecule has 1 saturated heterocycles. The summed E-state index contributed by atoms with van der Waals surface area (Å²) in [7, 11) is 0. The van der Waals surface area contributed by atoms with Crippen LogP contribution in [-0.4, -0.2) is 24.2 Å². The van der Waals surface area contributed by atoms with E-state index in [4.69, 9.17) is 16.3 Å². The van der Waals surface area contributed by atoms with Crippen molar-refractivity contribution in [3.63, 3.8) is 0 Å². The van der Waals surface area contributed by atoms with Gasteiger partial charge < -0.3 is 15.4 Å².